The van der Waals surface area contributed by atoms with Crippen molar-refractivity contribution in [3.63, 3.8) is 0 Å². The van der Waals surface area contributed by atoms with Gasteiger partial charge in [-0.2, -0.15) is 0 Å². The quantitative estimate of drug-likeness (QED) is 0.619. The average molecular weight is 243 g/mol. The highest BCUT2D eigenvalue weighted by atomic mass is 35.5. The van der Waals surface area contributed by atoms with E-state index < -0.39 is 4.92 Å². The second-order valence-electron chi connectivity index (χ2n) is 3.61. The predicted octanol–water partition coefficient (Wildman–Crippen LogP) is 1.42. The average Bonchev–Trinajstić information content (AvgIpc) is 2.73. The van der Waals surface area contributed by atoms with Gasteiger partial charge >= 0.3 is 5.69 Å². The molecule has 2 rings (SSSR count). The van der Waals surface area contributed by atoms with Crippen LogP contribution < -0.4 is 10.6 Å². The Bertz CT molecular complexity index is 406. The van der Waals surface area contributed by atoms with Gasteiger partial charge in [0.15, 0.2) is 0 Å². The van der Waals surface area contributed by atoms with Crippen LogP contribution in [0.4, 0.5) is 11.5 Å². The molecule has 0 aromatic carbocycles. The third-order valence-corrected chi connectivity index (χ3v) is 2.64. The van der Waals surface area contributed by atoms with Crippen LogP contribution in [0.15, 0.2) is 12.3 Å². The van der Waals surface area contributed by atoms with E-state index in [2.05, 4.69) is 15.6 Å². The molecule has 1 aromatic rings. The summed E-state index contributed by atoms with van der Waals surface area (Å²) in [6.45, 7) is 1.71. The normalized spacial score (nSPS) is 19.7. The number of rotatable bonds is 3. The summed E-state index contributed by atoms with van der Waals surface area (Å²) in [7, 11) is 0. The Balaban J connectivity index is 2.21. The maximum atomic E-state index is 10.8. The Labute approximate surface area is 97.2 Å². The molecule has 0 aliphatic carbocycles. The highest BCUT2D eigenvalue weighted by Crippen LogP contribution is 2.26. The lowest BCUT2D eigenvalue weighted by atomic mass is 10.2. The molecular formula is C9H11ClN4O2. The van der Waals surface area contributed by atoms with Gasteiger partial charge in [0.1, 0.15) is 0 Å². The van der Waals surface area contributed by atoms with Gasteiger partial charge in [0, 0.05) is 24.8 Å². The van der Waals surface area contributed by atoms with Crippen LogP contribution in [-0.2, 0) is 0 Å². The number of pyridine rings is 1. The highest BCUT2D eigenvalue weighted by molar-refractivity contribution is 6.30. The van der Waals surface area contributed by atoms with Crippen LogP contribution in [0.5, 0.6) is 0 Å². The lowest BCUT2D eigenvalue weighted by Crippen LogP contribution is -2.23. The zero-order chi connectivity index (χ0) is 11.5. The minimum Gasteiger partial charge on any atom is -0.360 e. The van der Waals surface area contributed by atoms with Gasteiger partial charge in [-0.25, -0.2) is 4.98 Å². The lowest BCUT2D eigenvalue weighted by Gasteiger charge is -2.11. The Morgan fingerprint density at radius 2 is 2.50 bits per heavy atom. The second kappa shape index (κ2) is 4.63. The predicted molar refractivity (Wildman–Crippen MR) is 60.8 cm³/mol. The molecule has 0 unspecified atom stereocenters. The molecule has 0 amide bonds. The number of nitrogens with zero attached hydrogens (tertiary/aromatic N) is 2. The van der Waals surface area contributed by atoms with Crippen LogP contribution in [0, 0.1) is 10.1 Å². The topological polar surface area (TPSA) is 80.1 Å². The Morgan fingerprint density at radius 3 is 3.12 bits per heavy atom. The van der Waals surface area contributed by atoms with E-state index in [0.29, 0.717) is 0 Å². The first-order valence-corrected chi connectivity index (χ1v) is 5.32. The third kappa shape index (κ3) is 2.40. The Morgan fingerprint density at radius 1 is 1.69 bits per heavy atom. The summed E-state index contributed by atoms with van der Waals surface area (Å²) >= 11 is 5.67. The number of nitrogens with one attached hydrogen (secondary N) is 2. The molecule has 1 aromatic heterocycles. The van der Waals surface area contributed by atoms with Gasteiger partial charge in [0.25, 0.3) is 0 Å². The van der Waals surface area contributed by atoms with Crippen molar-refractivity contribution in [2.45, 2.75) is 12.5 Å². The lowest BCUT2D eigenvalue weighted by molar-refractivity contribution is -0.384. The zero-order valence-corrected chi connectivity index (χ0v) is 9.20. The van der Waals surface area contributed by atoms with Crippen molar-refractivity contribution in [2.24, 2.45) is 0 Å². The molecule has 0 radical (unpaired) electrons. The summed E-state index contributed by atoms with van der Waals surface area (Å²) in [4.78, 5) is 14.3. The van der Waals surface area contributed by atoms with Crippen molar-refractivity contribution in [1.82, 2.24) is 10.3 Å². The van der Waals surface area contributed by atoms with E-state index in [4.69, 9.17) is 11.6 Å². The van der Waals surface area contributed by atoms with Crippen molar-refractivity contribution in [1.29, 1.82) is 0 Å². The minimum atomic E-state index is -0.483. The van der Waals surface area contributed by atoms with Crippen LogP contribution >= 0.6 is 11.6 Å². The monoisotopic (exact) mass is 242 g/mol. The summed E-state index contributed by atoms with van der Waals surface area (Å²) in [6.07, 6.45) is 2.33. The summed E-state index contributed by atoms with van der Waals surface area (Å²) in [6, 6.07) is 1.49. The molecule has 1 atom stereocenters. The second-order valence-corrected chi connectivity index (χ2v) is 4.05. The maximum Gasteiger partial charge on any atom is 0.312 e. The first kappa shape index (κ1) is 11.1. The number of anilines is 1. The highest BCUT2D eigenvalue weighted by Gasteiger charge is 2.21. The van der Waals surface area contributed by atoms with E-state index in [1.807, 2.05) is 0 Å². The first-order valence-electron chi connectivity index (χ1n) is 4.94. The van der Waals surface area contributed by atoms with Crippen LogP contribution in [-0.4, -0.2) is 29.0 Å². The van der Waals surface area contributed by atoms with Gasteiger partial charge in [-0.3, -0.25) is 10.1 Å². The van der Waals surface area contributed by atoms with Crippen molar-refractivity contribution in [3.05, 3.63) is 27.4 Å². The fourth-order valence-electron chi connectivity index (χ4n) is 1.65. The van der Waals surface area contributed by atoms with Gasteiger partial charge in [0.05, 0.1) is 9.95 Å². The van der Waals surface area contributed by atoms with Crippen molar-refractivity contribution in [2.75, 3.05) is 18.4 Å². The van der Waals surface area contributed by atoms with Crippen molar-refractivity contribution < 1.29 is 4.92 Å². The maximum absolute atomic E-state index is 10.8. The smallest absolute Gasteiger partial charge is 0.312 e. The molecule has 2 N–H and O–H groups in total. The molecule has 0 bridgehead atoms. The van der Waals surface area contributed by atoms with Gasteiger partial charge in [0.2, 0.25) is 5.82 Å². The van der Waals surface area contributed by atoms with Gasteiger partial charge in [-0.05, 0) is 13.0 Å². The summed E-state index contributed by atoms with van der Waals surface area (Å²) < 4.78 is 0. The summed E-state index contributed by atoms with van der Waals surface area (Å²) in [5, 5.41) is 17.3. The number of nitro groups is 1. The number of aromatic nitrogens is 1. The van der Waals surface area contributed by atoms with E-state index in [1.165, 1.54) is 12.3 Å². The largest absolute Gasteiger partial charge is 0.360 e. The number of hydrogen-bond acceptors (Lipinski definition) is 5. The molecule has 2 heterocycles. The summed E-state index contributed by atoms with van der Waals surface area (Å²) in [5.74, 6) is 0.281. The van der Waals surface area contributed by atoms with Crippen LogP contribution in [0.3, 0.4) is 0 Å². The SMILES string of the molecule is O=[N+]([O-])c1cc(Cl)cnc1N[C@@H]1CCNC1. The van der Waals surface area contributed by atoms with Gasteiger partial charge in [-0.1, -0.05) is 11.6 Å². The van der Waals surface area contributed by atoms with Crippen molar-refractivity contribution >= 4 is 23.1 Å². The molecule has 7 heteroatoms. The molecule has 86 valence electrons. The molecule has 1 aliphatic rings. The first-order chi connectivity index (χ1) is 7.66. The summed E-state index contributed by atoms with van der Waals surface area (Å²) in [5.41, 5.74) is -0.0839. The van der Waals surface area contributed by atoms with Crippen LogP contribution in [0.2, 0.25) is 5.02 Å². The van der Waals surface area contributed by atoms with E-state index in [0.717, 1.165) is 19.5 Å². The van der Waals surface area contributed by atoms with Gasteiger partial charge in [-0.15, -0.1) is 0 Å². The van der Waals surface area contributed by atoms with Crippen molar-refractivity contribution in [3.8, 4) is 0 Å². The molecular weight excluding hydrogens is 232 g/mol. The van der Waals surface area contributed by atoms with Crippen LogP contribution in [0.25, 0.3) is 0 Å². The fraction of sp³-hybridized carbons (Fsp3) is 0.444. The molecule has 1 fully saturated rings. The van der Waals surface area contributed by atoms with Crippen LogP contribution in [0.1, 0.15) is 6.42 Å². The minimum absolute atomic E-state index is 0.0839. The van der Waals surface area contributed by atoms with Gasteiger partial charge < -0.3 is 10.6 Å². The fourth-order valence-corrected chi connectivity index (χ4v) is 1.80. The molecule has 0 saturated carbocycles. The van der Waals surface area contributed by atoms with E-state index in [9.17, 15) is 10.1 Å². The van der Waals surface area contributed by atoms with E-state index >= 15 is 0 Å². The molecule has 1 aliphatic heterocycles. The molecule has 0 spiro atoms. The Hall–Kier alpha value is -1.40. The standard InChI is InChI=1S/C9H11ClN4O2/c10-6-3-8(14(15)16)9(12-4-6)13-7-1-2-11-5-7/h3-4,7,11H,1-2,5H2,(H,12,13)/t7-/m1/s1. The molecule has 16 heavy (non-hydrogen) atoms. The zero-order valence-electron chi connectivity index (χ0n) is 8.44. The van der Waals surface area contributed by atoms with E-state index in [1.54, 1.807) is 0 Å². The number of halogens is 1. The molecule has 1 saturated heterocycles. The Kier molecular flexibility index (Phi) is 3.21. The van der Waals surface area contributed by atoms with E-state index in [-0.39, 0.29) is 22.6 Å². The third-order valence-electron chi connectivity index (χ3n) is 2.43. The molecule has 6 nitrogen and oxygen atoms in total. The number of hydrogen-bond donors (Lipinski definition) is 2.